The molecule has 0 aromatic carbocycles. The first-order chi connectivity index (χ1) is 5.20. The summed E-state index contributed by atoms with van der Waals surface area (Å²) in [6.45, 7) is 0. The monoisotopic (exact) mass is 171 g/mol. The number of rotatable bonds is 1. The Balaban J connectivity index is 2.86. The van der Waals surface area contributed by atoms with Gasteiger partial charge in [-0.25, -0.2) is 9.78 Å². The Labute approximate surface area is 68.2 Å². The SMILES string of the molecule is O=C(O)Oc1ncccc1S. The highest BCUT2D eigenvalue weighted by Crippen LogP contribution is 2.17. The zero-order valence-corrected chi connectivity index (χ0v) is 6.28. The van der Waals surface area contributed by atoms with E-state index in [1.165, 1.54) is 6.20 Å². The van der Waals surface area contributed by atoms with Crippen LogP contribution in [0, 0.1) is 0 Å². The summed E-state index contributed by atoms with van der Waals surface area (Å²) < 4.78 is 4.27. The smallest absolute Gasteiger partial charge is 0.449 e. The lowest BCUT2D eigenvalue weighted by atomic mass is 10.5. The largest absolute Gasteiger partial charge is 0.512 e. The van der Waals surface area contributed by atoms with Gasteiger partial charge in [0.15, 0.2) is 0 Å². The minimum atomic E-state index is -1.39. The molecule has 0 aliphatic rings. The maximum Gasteiger partial charge on any atom is 0.512 e. The van der Waals surface area contributed by atoms with Gasteiger partial charge in [0.1, 0.15) is 0 Å². The lowest BCUT2D eigenvalue weighted by Crippen LogP contribution is -2.04. The molecule has 0 aliphatic carbocycles. The van der Waals surface area contributed by atoms with Gasteiger partial charge in [-0.3, -0.25) is 0 Å². The number of ether oxygens (including phenoxy) is 1. The van der Waals surface area contributed by atoms with Crippen molar-refractivity contribution in [3.05, 3.63) is 18.3 Å². The predicted molar refractivity (Wildman–Crippen MR) is 40.1 cm³/mol. The highest BCUT2D eigenvalue weighted by atomic mass is 32.1. The van der Waals surface area contributed by atoms with Crippen LogP contribution in [-0.4, -0.2) is 16.2 Å². The van der Waals surface area contributed by atoms with E-state index in [2.05, 4.69) is 22.3 Å². The maximum atomic E-state index is 10.0. The van der Waals surface area contributed by atoms with Crippen molar-refractivity contribution in [2.45, 2.75) is 4.90 Å². The van der Waals surface area contributed by atoms with Crippen LogP contribution in [0.5, 0.6) is 5.88 Å². The Kier molecular flexibility index (Phi) is 2.32. The van der Waals surface area contributed by atoms with Gasteiger partial charge in [-0.2, -0.15) is 0 Å². The molecule has 58 valence electrons. The second-order valence-corrected chi connectivity index (χ2v) is 2.18. The molecule has 1 heterocycles. The normalized spacial score (nSPS) is 9.18. The highest BCUT2D eigenvalue weighted by Gasteiger charge is 2.04. The number of thiol groups is 1. The number of nitrogens with zero attached hydrogens (tertiary/aromatic N) is 1. The van der Waals surface area contributed by atoms with Gasteiger partial charge < -0.3 is 9.84 Å². The van der Waals surface area contributed by atoms with Crippen LogP contribution in [0.3, 0.4) is 0 Å². The van der Waals surface area contributed by atoms with Crippen LogP contribution in [0.25, 0.3) is 0 Å². The zero-order chi connectivity index (χ0) is 8.27. The average Bonchev–Trinajstić information content (AvgIpc) is 1.93. The fourth-order valence-electron chi connectivity index (χ4n) is 0.544. The number of carbonyl (C=O) groups is 1. The molecule has 0 saturated heterocycles. The van der Waals surface area contributed by atoms with E-state index in [1.54, 1.807) is 12.1 Å². The topological polar surface area (TPSA) is 59.4 Å². The molecule has 11 heavy (non-hydrogen) atoms. The first-order valence-corrected chi connectivity index (χ1v) is 3.19. The molecule has 0 bridgehead atoms. The summed E-state index contributed by atoms with van der Waals surface area (Å²) in [7, 11) is 0. The Hall–Kier alpha value is -1.23. The van der Waals surface area contributed by atoms with Crippen molar-refractivity contribution in [1.82, 2.24) is 4.98 Å². The van der Waals surface area contributed by atoms with Gasteiger partial charge in [0, 0.05) is 6.20 Å². The standard InChI is InChI=1S/C6H5NO3S/c8-6(9)10-5-4(11)2-1-3-7-5/h1-3,11H,(H,8,9). The summed E-state index contributed by atoms with van der Waals surface area (Å²) in [6, 6.07) is 3.23. The molecule has 0 unspecified atom stereocenters. The summed E-state index contributed by atoms with van der Waals surface area (Å²) in [5.74, 6) is 0.00309. The molecule has 0 atom stereocenters. The van der Waals surface area contributed by atoms with Gasteiger partial charge >= 0.3 is 6.16 Å². The molecule has 0 saturated carbocycles. The van der Waals surface area contributed by atoms with E-state index >= 15 is 0 Å². The van der Waals surface area contributed by atoms with Crippen molar-refractivity contribution in [3.63, 3.8) is 0 Å². The summed E-state index contributed by atoms with van der Waals surface area (Å²) in [6.07, 6.45) is 0.0388. The van der Waals surface area contributed by atoms with Crippen LogP contribution < -0.4 is 4.74 Å². The van der Waals surface area contributed by atoms with E-state index in [0.29, 0.717) is 4.90 Å². The van der Waals surface area contributed by atoms with E-state index in [1.807, 2.05) is 0 Å². The summed E-state index contributed by atoms with van der Waals surface area (Å²) in [5, 5.41) is 8.20. The van der Waals surface area contributed by atoms with Crippen LogP contribution in [0.4, 0.5) is 4.79 Å². The Morgan fingerprint density at radius 1 is 1.73 bits per heavy atom. The van der Waals surface area contributed by atoms with Crippen molar-refractivity contribution in [1.29, 1.82) is 0 Å². The van der Waals surface area contributed by atoms with Crippen LogP contribution in [-0.2, 0) is 0 Å². The van der Waals surface area contributed by atoms with E-state index in [9.17, 15) is 4.79 Å². The summed E-state index contributed by atoms with van der Waals surface area (Å²) >= 11 is 3.92. The minimum Gasteiger partial charge on any atom is -0.449 e. The molecule has 1 rings (SSSR count). The van der Waals surface area contributed by atoms with Gasteiger partial charge in [0.25, 0.3) is 0 Å². The number of hydrogen-bond acceptors (Lipinski definition) is 4. The van der Waals surface area contributed by atoms with Crippen molar-refractivity contribution >= 4 is 18.8 Å². The van der Waals surface area contributed by atoms with Crippen molar-refractivity contribution in [3.8, 4) is 5.88 Å². The molecule has 0 amide bonds. The highest BCUT2D eigenvalue weighted by molar-refractivity contribution is 7.80. The molecule has 5 heteroatoms. The quantitative estimate of drug-likeness (QED) is 0.495. The Bertz CT molecular complexity index is 276. The third-order valence-corrected chi connectivity index (χ3v) is 1.28. The molecule has 1 aromatic rings. The lowest BCUT2D eigenvalue weighted by Gasteiger charge is -1.99. The molecule has 0 radical (unpaired) electrons. The number of aromatic nitrogens is 1. The zero-order valence-electron chi connectivity index (χ0n) is 5.39. The average molecular weight is 171 g/mol. The molecule has 0 spiro atoms. The van der Waals surface area contributed by atoms with Gasteiger partial charge in [0.2, 0.25) is 5.88 Å². The molecular weight excluding hydrogens is 166 g/mol. The number of hydrogen-bond donors (Lipinski definition) is 2. The van der Waals surface area contributed by atoms with Gasteiger partial charge in [-0.15, -0.1) is 12.6 Å². The third kappa shape index (κ3) is 2.12. The van der Waals surface area contributed by atoms with Crippen LogP contribution >= 0.6 is 12.6 Å². The first-order valence-electron chi connectivity index (χ1n) is 2.75. The fourth-order valence-corrected chi connectivity index (χ4v) is 0.733. The first kappa shape index (κ1) is 7.87. The second-order valence-electron chi connectivity index (χ2n) is 1.70. The van der Waals surface area contributed by atoms with Crippen molar-refractivity contribution in [2.24, 2.45) is 0 Å². The van der Waals surface area contributed by atoms with Crippen molar-refractivity contribution < 1.29 is 14.6 Å². The molecule has 0 fully saturated rings. The van der Waals surface area contributed by atoms with Gasteiger partial charge in [-0.1, -0.05) is 0 Å². The third-order valence-electron chi connectivity index (χ3n) is 0.935. The van der Waals surface area contributed by atoms with Crippen molar-refractivity contribution in [2.75, 3.05) is 0 Å². The van der Waals surface area contributed by atoms with E-state index in [-0.39, 0.29) is 5.88 Å². The Morgan fingerprint density at radius 2 is 2.45 bits per heavy atom. The molecule has 0 aliphatic heterocycles. The molecule has 1 N–H and O–H groups in total. The lowest BCUT2D eigenvalue weighted by molar-refractivity contribution is 0.141. The van der Waals surface area contributed by atoms with Gasteiger partial charge in [0.05, 0.1) is 4.90 Å². The predicted octanol–water partition coefficient (Wildman–Crippen LogP) is 1.43. The Morgan fingerprint density at radius 3 is 3.00 bits per heavy atom. The van der Waals surface area contributed by atoms with Crippen LogP contribution in [0.15, 0.2) is 23.2 Å². The molecular formula is C6H5NO3S. The molecule has 4 nitrogen and oxygen atoms in total. The summed E-state index contributed by atoms with van der Waals surface area (Å²) in [4.78, 5) is 14.1. The number of pyridine rings is 1. The fraction of sp³-hybridized carbons (Fsp3) is 0. The van der Waals surface area contributed by atoms with E-state index < -0.39 is 6.16 Å². The number of carboxylic acid groups (broad SMARTS) is 1. The maximum absolute atomic E-state index is 10.0. The van der Waals surface area contributed by atoms with Gasteiger partial charge in [-0.05, 0) is 12.1 Å². The van der Waals surface area contributed by atoms with Crippen LogP contribution in [0.1, 0.15) is 0 Å². The molecule has 1 aromatic heterocycles. The van der Waals surface area contributed by atoms with E-state index in [0.717, 1.165) is 0 Å². The minimum absolute atomic E-state index is 0.00309. The second kappa shape index (κ2) is 3.25. The summed E-state index contributed by atoms with van der Waals surface area (Å²) in [5.41, 5.74) is 0. The van der Waals surface area contributed by atoms with Crippen LogP contribution in [0.2, 0.25) is 0 Å². The van der Waals surface area contributed by atoms with E-state index in [4.69, 9.17) is 5.11 Å².